The maximum absolute atomic E-state index is 12.1. The number of aldehydes is 1. The lowest BCUT2D eigenvalue weighted by Gasteiger charge is -2.05. The molecule has 0 bridgehead atoms. The summed E-state index contributed by atoms with van der Waals surface area (Å²) in [7, 11) is 1.73. The van der Waals surface area contributed by atoms with Crippen molar-refractivity contribution in [1.82, 2.24) is 14.3 Å². The maximum atomic E-state index is 12.1. The largest absolute Gasteiger partial charge is 0.461 e. The summed E-state index contributed by atoms with van der Waals surface area (Å²) in [4.78, 5) is 23.5. The summed E-state index contributed by atoms with van der Waals surface area (Å²) in [5, 5.41) is 4.46. The van der Waals surface area contributed by atoms with Gasteiger partial charge in [-0.3, -0.25) is 9.48 Å². The highest BCUT2D eigenvalue weighted by molar-refractivity contribution is 6.07. The zero-order chi connectivity index (χ0) is 16.4. The second kappa shape index (κ2) is 6.08. The van der Waals surface area contributed by atoms with Gasteiger partial charge in [-0.05, 0) is 12.5 Å². The zero-order valence-corrected chi connectivity index (χ0v) is 13.0. The van der Waals surface area contributed by atoms with Crippen LogP contribution in [0.5, 0.6) is 0 Å². The molecule has 0 aliphatic carbocycles. The Morgan fingerprint density at radius 1 is 1.30 bits per heavy atom. The van der Waals surface area contributed by atoms with Gasteiger partial charge in [0.15, 0.2) is 6.29 Å². The fourth-order valence-corrected chi connectivity index (χ4v) is 2.67. The Hall–Kier alpha value is -2.89. The number of rotatable bonds is 5. The van der Waals surface area contributed by atoms with Gasteiger partial charge in [0.1, 0.15) is 11.2 Å². The molecule has 0 unspecified atom stereocenters. The number of nitrogens with zero attached hydrogens (tertiary/aromatic N) is 3. The quantitative estimate of drug-likeness (QED) is 0.536. The molecule has 1 aromatic carbocycles. The van der Waals surface area contributed by atoms with E-state index >= 15 is 0 Å². The summed E-state index contributed by atoms with van der Waals surface area (Å²) in [6.45, 7) is 2.59. The van der Waals surface area contributed by atoms with Crippen LogP contribution in [0.4, 0.5) is 0 Å². The molecule has 0 N–H and O–H groups in total. The minimum atomic E-state index is -0.510. The SMILES string of the molecule is CCOC(=O)c1c(C=O)c2nn(Cc3ccccc3)cc2n1C. The van der Waals surface area contributed by atoms with Gasteiger partial charge in [0.05, 0.1) is 24.2 Å². The predicted octanol–water partition coefficient (Wildman–Crippen LogP) is 2.41. The van der Waals surface area contributed by atoms with Crippen molar-refractivity contribution < 1.29 is 14.3 Å². The molecule has 2 heterocycles. The summed E-state index contributed by atoms with van der Waals surface area (Å²) < 4.78 is 8.45. The Morgan fingerprint density at radius 2 is 2.04 bits per heavy atom. The van der Waals surface area contributed by atoms with E-state index in [9.17, 15) is 9.59 Å². The van der Waals surface area contributed by atoms with Gasteiger partial charge in [0.2, 0.25) is 0 Å². The zero-order valence-electron chi connectivity index (χ0n) is 13.0. The second-order valence-electron chi connectivity index (χ2n) is 5.21. The minimum Gasteiger partial charge on any atom is -0.461 e. The highest BCUT2D eigenvalue weighted by Gasteiger charge is 2.24. The molecule has 6 heteroatoms. The van der Waals surface area contributed by atoms with Crippen LogP contribution in [-0.4, -0.2) is 33.2 Å². The van der Waals surface area contributed by atoms with Crippen LogP contribution >= 0.6 is 0 Å². The van der Waals surface area contributed by atoms with E-state index in [2.05, 4.69) is 5.10 Å². The molecule has 2 aromatic heterocycles. The average Bonchev–Trinajstić information content (AvgIpc) is 3.06. The number of hydrogen-bond acceptors (Lipinski definition) is 4. The van der Waals surface area contributed by atoms with Gasteiger partial charge >= 0.3 is 5.97 Å². The molecule has 0 radical (unpaired) electrons. The number of carbonyl (C=O) groups is 2. The fraction of sp³-hybridized carbons (Fsp3) is 0.235. The van der Waals surface area contributed by atoms with Crippen LogP contribution in [0.3, 0.4) is 0 Å². The summed E-state index contributed by atoms with van der Waals surface area (Å²) in [6.07, 6.45) is 2.49. The number of fused-ring (bicyclic) bond motifs is 1. The van der Waals surface area contributed by atoms with E-state index in [4.69, 9.17) is 4.74 Å². The van der Waals surface area contributed by atoms with E-state index in [1.165, 1.54) is 0 Å². The lowest BCUT2D eigenvalue weighted by Crippen LogP contribution is -2.12. The highest BCUT2D eigenvalue weighted by Crippen LogP contribution is 2.24. The molecule has 3 aromatic rings. The molecule has 0 spiro atoms. The minimum absolute atomic E-state index is 0.242. The Balaban J connectivity index is 2.04. The number of carbonyl (C=O) groups excluding carboxylic acids is 2. The van der Waals surface area contributed by atoms with Crippen molar-refractivity contribution in [2.24, 2.45) is 7.05 Å². The molecule has 0 aliphatic rings. The fourth-order valence-electron chi connectivity index (χ4n) is 2.67. The van der Waals surface area contributed by atoms with Crippen molar-refractivity contribution in [3.05, 3.63) is 53.3 Å². The Labute approximate surface area is 133 Å². The first-order chi connectivity index (χ1) is 11.2. The molecule has 0 saturated heterocycles. The highest BCUT2D eigenvalue weighted by atomic mass is 16.5. The molecule has 23 heavy (non-hydrogen) atoms. The topological polar surface area (TPSA) is 66.1 Å². The van der Waals surface area contributed by atoms with Gasteiger partial charge in [-0.15, -0.1) is 0 Å². The van der Waals surface area contributed by atoms with Crippen molar-refractivity contribution in [1.29, 1.82) is 0 Å². The van der Waals surface area contributed by atoms with Crippen LogP contribution in [0.1, 0.15) is 33.3 Å². The Morgan fingerprint density at radius 3 is 2.70 bits per heavy atom. The molecule has 118 valence electrons. The number of hydrogen-bond donors (Lipinski definition) is 0. The molecule has 0 amide bonds. The van der Waals surface area contributed by atoms with Crippen LogP contribution in [0.25, 0.3) is 11.0 Å². The molecule has 0 atom stereocenters. The lowest BCUT2D eigenvalue weighted by atomic mass is 10.2. The second-order valence-corrected chi connectivity index (χ2v) is 5.21. The predicted molar refractivity (Wildman–Crippen MR) is 85.6 cm³/mol. The van der Waals surface area contributed by atoms with Gasteiger partial charge in [0.25, 0.3) is 0 Å². The van der Waals surface area contributed by atoms with Gasteiger partial charge in [-0.1, -0.05) is 30.3 Å². The van der Waals surface area contributed by atoms with Crippen molar-refractivity contribution >= 4 is 23.3 Å². The van der Waals surface area contributed by atoms with E-state index in [0.717, 1.165) is 11.1 Å². The lowest BCUT2D eigenvalue weighted by molar-refractivity contribution is 0.0513. The Bertz CT molecular complexity index is 862. The third-order valence-corrected chi connectivity index (χ3v) is 3.72. The maximum Gasteiger partial charge on any atom is 0.355 e. The molecule has 3 rings (SSSR count). The van der Waals surface area contributed by atoms with E-state index in [0.29, 0.717) is 18.3 Å². The monoisotopic (exact) mass is 311 g/mol. The third-order valence-electron chi connectivity index (χ3n) is 3.72. The van der Waals surface area contributed by atoms with Crippen LogP contribution in [0.2, 0.25) is 0 Å². The number of ether oxygens (including phenoxy) is 1. The van der Waals surface area contributed by atoms with Gasteiger partial charge in [-0.25, -0.2) is 4.79 Å². The normalized spacial score (nSPS) is 10.9. The van der Waals surface area contributed by atoms with Gasteiger partial charge in [0, 0.05) is 13.2 Å². The van der Waals surface area contributed by atoms with Crippen molar-refractivity contribution in [2.75, 3.05) is 6.61 Å². The number of aromatic nitrogens is 3. The van der Waals surface area contributed by atoms with Crippen molar-refractivity contribution in [3.8, 4) is 0 Å². The third kappa shape index (κ3) is 2.63. The summed E-state index contributed by atoms with van der Waals surface area (Å²) in [6, 6.07) is 9.91. The summed E-state index contributed by atoms with van der Waals surface area (Å²) in [5.74, 6) is -0.510. The number of esters is 1. The van der Waals surface area contributed by atoms with Crippen LogP contribution in [-0.2, 0) is 18.3 Å². The average molecular weight is 311 g/mol. The number of aryl methyl sites for hydroxylation is 1. The molecule has 0 aliphatic heterocycles. The molecule has 0 saturated carbocycles. The van der Waals surface area contributed by atoms with Crippen LogP contribution in [0.15, 0.2) is 36.5 Å². The van der Waals surface area contributed by atoms with E-state index < -0.39 is 5.97 Å². The molecular formula is C17H17N3O3. The van der Waals surface area contributed by atoms with E-state index in [1.807, 2.05) is 36.5 Å². The first kappa shape index (κ1) is 15.0. The van der Waals surface area contributed by atoms with E-state index in [-0.39, 0.29) is 17.9 Å². The van der Waals surface area contributed by atoms with Crippen LogP contribution < -0.4 is 0 Å². The Kier molecular flexibility index (Phi) is 3.97. The molecule has 0 fully saturated rings. The van der Waals surface area contributed by atoms with Gasteiger partial charge < -0.3 is 9.30 Å². The van der Waals surface area contributed by atoms with Crippen molar-refractivity contribution in [2.45, 2.75) is 13.5 Å². The first-order valence-corrected chi connectivity index (χ1v) is 7.37. The van der Waals surface area contributed by atoms with Crippen LogP contribution in [0, 0.1) is 0 Å². The number of benzene rings is 1. The van der Waals surface area contributed by atoms with Crippen molar-refractivity contribution in [3.63, 3.8) is 0 Å². The first-order valence-electron chi connectivity index (χ1n) is 7.37. The van der Waals surface area contributed by atoms with E-state index in [1.54, 1.807) is 23.2 Å². The van der Waals surface area contributed by atoms with Gasteiger partial charge in [-0.2, -0.15) is 5.10 Å². The molecular weight excluding hydrogens is 294 g/mol. The molecule has 6 nitrogen and oxygen atoms in total. The standard InChI is InChI=1S/C17H17N3O3/c1-3-23-17(22)16-13(11-21)15-14(19(16)2)10-20(18-15)9-12-7-5-4-6-8-12/h4-8,10-11H,3,9H2,1-2H3. The summed E-state index contributed by atoms with van der Waals surface area (Å²) in [5.41, 5.74) is 2.87. The summed E-state index contributed by atoms with van der Waals surface area (Å²) >= 11 is 0. The smallest absolute Gasteiger partial charge is 0.355 e.